The zero-order valence-electron chi connectivity index (χ0n) is 16.3. The van der Waals surface area contributed by atoms with Crippen molar-refractivity contribution in [3.05, 3.63) is 57.4 Å². The Morgan fingerprint density at radius 2 is 2.00 bits per heavy atom. The second kappa shape index (κ2) is 6.42. The standard InChI is InChI=1S/C21H21ClF3N3O/c1-4-20(11-6-5-7-12(22)8-11)15-13(9-19(2,3)10-14(15)29)26-18-16(20)17(27-28-18)21(23,24)25/h5-8,18,26H,4,9-10H2,1-3H3/t18?,20-/m0/s1. The first kappa shape index (κ1) is 20.1. The van der Waals surface area contributed by atoms with Crippen LogP contribution in [-0.4, -0.2) is 18.1 Å². The first-order valence-corrected chi connectivity index (χ1v) is 9.89. The number of rotatable bonds is 2. The van der Waals surface area contributed by atoms with Crippen LogP contribution < -0.4 is 5.32 Å². The summed E-state index contributed by atoms with van der Waals surface area (Å²) in [6.45, 7) is 5.75. The van der Waals surface area contributed by atoms with Gasteiger partial charge in [-0.05, 0) is 36.0 Å². The van der Waals surface area contributed by atoms with Crippen LogP contribution >= 0.6 is 11.6 Å². The zero-order valence-corrected chi connectivity index (χ0v) is 17.1. The van der Waals surface area contributed by atoms with Crippen LogP contribution in [0.2, 0.25) is 5.02 Å². The van der Waals surface area contributed by atoms with Gasteiger partial charge in [-0.2, -0.15) is 18.3 Å². The van der Waals surface area contributed by atoms with E-state index >= 15 is 0 Å². The molecule has 0 aromatic heterocycles. The highest BCUT2D eigenvalue weighted by Crippen LogP contribution is 2.56. The van der Waals surface area contributed by atoms with Crippen LogP contribution in [0.1, 0.15) is 45.6 Å². The summed E-state index contributed by atoms with van der Waals surface area (Å²) in [5, 5.41) is 10.9. The fraction of sp³-hybridized carbons (Fsp3) is 0.476. The molecule has 1 aromatic rings. The van der Waals surface area contributed by atoms with Gasteiger partial charge in [-0.15, -0.1) is 5.11 Å². The van der Waals surface area contributed by atoms with Crippen LogP contribution in [0.25, 0.3) is 0 Å². The van der Waals surface area contributed by atoms with Gasteiger partial charge in [-0.3, -0.25) is 4.79 Å². The summed E-state index contributed by atoms with van der Waals surface area (Å²) in [7, 11) is 0. The van der Waals surface area contributed by atoms with E-state index in [1.54, 1.807) is 31.2 Å². The molecule has 4 nitrogen and oxygen atoms in total. The molecule has 2 heterocycles. The average molecular weight is 424 g/mol. The first-order chi connectivity index (χ1) is 13.5. The Kier molecular flexibility index (Phi) is 4.46. The summed E-state index contributed by atoms with van der Waals surface area (Å²) in [6.07, 6.45) is -4.55. The third-order valence-corrected chi connectivity index (χ3v) is 6.23. The van der Waals surface area contributed by atoms with Crippen LogP contribution in [-0.2, 0) is 10.2 Å². The average Bonchev–Trinajstić information content (AvgIpc) is 3.03. The first-order valence-electron chi connectivity index (χ1n) is 9.52. The van der Waals surface area contributed by atoms with Gasteiger partial charge in [0.15, 0.2) is 17.6 Å². The van der Waals surface area contributed by atoms with E-state index < -0.39 is 23.5 Å². The number of nitrogens with zero attached hydrogens (tertiary/aromatic N) is 2. The molecular formula is C21H21ClF3N3O. The zero-order chi connectivity index (χ0) is 21.2. The van der Waals surface area contributed by atoms with E-state index in [0.29, 0.717) is 28.3 Å². The Morgan fingerprint density at radius 1 is 1.28 bits per heavy atom. The van der Waals surface area contributed by atoms with Crippen molar-refractivity contribution in [3.8, 4) is 0 Å². The van der Waals surface area contributed by atoms with Gasteiger partial charge in [-0.1, -0.05) is 44.5 Å². The number of azo groups is 1. The summed E-state index contributed by atoms with van der Waals surface area (Å²) in [5.41, 5.74) is -1.00. The second-order valence-corrected chi connectivity index (χ2v) is 9.02. The van der Waals surface area contributed by atoms with E-state index in [0.717, 1.165) is 0 Å². The molecule has 3 aliphatic rings. The number of hydrogen-bond donors (Lipinski definition) is 1. The molecule has 0 bridgehead atoms. The number of hydrogen-bond acceptors (Lipinski definition) is 4. The maximum Gasteiger partial charge on any atom is 0.435 e. The minimum atomic E-state index is -4.68. The number of Topliss-reactive ketones (excluding diaryl/α,β-unsaturated/α-hetero) is 1. The number of alkyl halides is 3. The molecule has 4 rings (SSSR count). The summed E-state index contributed by atoms with van der Waals surface area (Å²) >= 11 is 6.21. The lowest BCUT2D eigenvalue weighted by atomic mass is 9.58. The lowest BCUT2D eigenvalue weighted by Crippen LogP contribution is -2.52. The van der Waals surface area contributed by atoms with E-state index in [-0.39, 0.29) is 29.6 Å². The predicted octanol–water partition coefficient (Wildman–Crippen LogP) is 5.84. The summed E-state index contributed by atoms with van der Waals surface area (Å²) in [4.78, 5) is 13.3. The largest absolute Gasteiger partial charge is 0.435 e. The highest BCUT2D eigenvalue weighted by Gasteiger charge is 2.57. The van der Waals surface area contributed by atoms with Gasteiger partial charge >= 0.3 is 6.18 Å². The predicted molar refractivity (Wildman–Crippen MR) is 103 cm³/mol. The molecule has 1 unspecified atom stereocenters. The van der Waals surface area contributed by atoms with Gasteiger partial charge in [0.05, 0.1) is 5.41 Å². The Hall–Kier alpha value is -2.15. The number of allylic oxidation sites excluding steroid dienone is 3. The molecular weight excluding hydrogens is 403 g/mol. The van der Waals surface area contributed by atoms with Gasteiger partial charge in [-0.25, -0.2) is 0 Å². The molecule has 1 aromatic carbocycles. The van der Waals surface area contributed by atoms with Crippen molar-refractivity contribution < 1.29 is 18.0 Å². The Labute approximate surface area is 171 Å². The van der Waals surface area contributed by atoms with Gasteiger partial charge in [0.1, 0.15) is 0 Å². The minimum Gasteiger partial charge on any atom is -0.362 e. The minimum absolute atomic E-state index is 0.0124. The fourth-order valence-corrected chi connectivity index (χ4v) is 5.16. The van der Waals surface area contributed by atoms with Gasteiger partial charge < -0.3 is 5.32 Å². The van der Waals surface area contributed by atoms with Crippen molar-refractivity contribution in [2.24, 2.45) is 15.6 Å². The molecule has 1 aliphatic carbocycles. The summed E-state index contributed by atoms with van der Waals surface area (Å²) in [5.74, 6) is -0.148. The Morgan fingerprint density at radius 3 is 2.62 bits per heavy atom. The van der Waals surface area contributed by atoms with E-state index in [9.17, 15) is 18.0 Å². The molecule has 0 saturated heterocycles. The third-order valence-electron chi connectivity index (χ3n) is 5.99. The summed E-state index contributed by atoms with van der Waals surface area (Å²) < 4.78 is 41.7. The third kappa shape index (κ3) is 3.01. The lowest BCUT2D eigenvalue weighted by molar-refractivity contribution is -0.119. The van der Waals surface area contributed by atoms with Crippen LogP contribution in [0.3, 0.4) is 0 Å². The van der Waals surface area contributed by atoms with Crippen molar-refractivity contribution >= 4 is 17.4 Å². The highest BCUT2D eigenvalue weighted by molar-refractivity contribution is 6.30. The van der Waals surface area contributed by atoms with Crippen LogP contribution in [0.4, 0.5) is 13.2 Å². The van der Waals surface area contributed by atoms with Crippen molar-refractivity contribution in [1.82, 2.24) is 5.32 Å². The Bertz CT molecular complexity index is 993. The lowest BCUT2D eigenvalue weighted by Gasteiger charge is -2.48. The van der Waals surface area contributed by atoms with Crippen molar-refractivity contribution in [2.45, 2.75) is 57.8 Å². The molecule has 0 saturated carbocycles. The fourth-order valence-electron chi connectivity index (χ4n) is 4.97. The number of nitrogens with one attached hydrogen (secondary N) is 1. The topological polar surface area (TPSA) is 53.8 Å². The molecule has 0 amide bonds. The van der Waals surface area contributed by atoms with Crippen molar-refractivity contribution in [3.63, 3.8) is 0 Å². The maximum absolute atomic E-state index is 13.9. The number of benzene rings is 1. The SMILES string of the molecule is CC[C@]1(c2cccc(Cl)c2)C2=C(CC(C)(C)CC2=O)NC2N=NC(C(F)(F)F)=C21. The number of fused-ring (bicyclic) bond motifs is 1. The van der Waals surface area contributed by atoms with Crippen molar-refractivity contribution in [2.75, 3.05) is 0 Å². The molecule has 154 valence electrons. The highest BCUT2D eigenvalue weighted by atomic mass is 35.5. The molecule has 2 aliphatic heterocycles. The van der Waals surface area contributed by atoms with Gasteiger partial charge in [0, 0.05) is 28.3 Å². The van der Waals surface area contributed by atoms with Gasteiger partial charge in [0.25, 0.3) is 0 Å². The molecule has 8 heteroatoms. The van der Waals surface area contributed by atoms with Crippen LogP contribution in [0, 0.1) is 5.41 Å². The number of carbonyl (C=O) groups is 1. The van der Waals surface area contributed by atoms with Crippen LogP contribution in [0.5, 0.6) is 0 Å². The monoisotopic (exact) mass is 423 g/mol. The summed E-state index contributed by atoms with van der Waals surface area (Å²) in [6, 6.07) is 6.73. The Balaban J connectivity index is 2.09. The van der Waals surface area contributed by atoms with Crippen LogP contribution in [0.15, 0.2) is 57.0 Å². The second-order valence-electron chi connectivity index (χ2n) is 8.59. The normalized spacial score (nSPS) is 28.4. The number of halogens is 4. The number of ketones is 1. The van der Waals surface area contributed by atoms with E-state index in [1.807, 2.05) is 13.8 Å². The van der Waals surface area contributed by atoms with E-state index in [1.165, 1.54) is 0 Å². The van der Waals surface area contributed by atoms with E-state index in [4.69, 9.17) is 11.6 Å². The molecule has 1 N–H and O–H groups in total. The van der Waals surface area contributed by atoms with E-state index in [2.05, 4.69) is 15.5 Å². The molecule has 0 radical (unpaired) electrons. The van der Waals surface area contributed by atoms with Gasteiger partial charge in [0.2, 0.25) is 0 Å². The van der Waals surface area contributed by atoms with Crippen molar-refractivity contribution in [1.29, 1.82) is 0 Å². The molecule has 0 fully saturated rings. The quantitative estimate of drug-likeness (QED) is 0.649. The maximum atomic E-state index is 13.9. The molecule has 0 spiro atoms. The number of carbonyl (C=O) groups excluding carboxylic acids is 1. The molecule has 29 heavy (non-hydrogen) atoms. The molecule has 2 atom stereocenters. The smallest absolute Gasteiger partial charge is 0.362 e.